The maximum atomic E-state index is 13.2. The summed E-state index contributed by atoms with van der Waals surface area (Å²) in [5.41, 5.74) is 8.81. The van der Waals surface area contributed by atoms with Crippen LogP contribution in [0.25, 0.3) is 0 Å². The molecule has 0 saturated heterocycles. The van der Waals surface area contributed by atoms with Crippen LogP contribution in [0.15, 0.2) is 42.5 Å². The third-order valence-electron chi connectivity index (χ3n) is 3.53. The lowest BCUT2D eigenvalue weighted by Crippen LogP contribution is -2.23. The average molecular weight is 290 g/mol. The molecule has 2 rings (SSSR count). The van der Waals surface area contributed by atoms with Crippen LogP contribution >= 0.6 is 0 Å². The Morgan fingerprint density at radius 1 is 1.10 bits per heavy atom. The molecule has 0 fully saturated rings. The van der Waals surface area contributed by atoms with Crippen LogP contribution in [0.1, 0.15) is 23.6 Å². The maximum absolute atomic E-state index is 13.2. The minimum Gasteiger partial charge on any atom is -0.375 e. The fourth-order valence-corrected chi connectivity index (χ4v) is 2.28. The van der Waals surface area contributed by atoms with Gasteiger partial charge >= 0.3 is 0 Å². The molecule has 112 valence electrons. The van der Waals surface area contributed by atoms with Gasteiger partial charge in [0.25, 0.3) is 0 Å². The summed E-state index contributed by atoms with van der Waals surface area (Å²) in [6, 6.07) is 11.2. The first kappa shape index (κ1) is 15.4. The van der Waals surface area contributed by atoms with Crippen LogP contribution in [-0.4, -0.2) is 13.6 Å². The zero-order valence-corrected chi connectivity index (χ0v) is 12.3. The van der Waals surface area contributed by atoms with Gasteiger partial charge in [0, 0.05) is 31.4 Å². The summed E-state index contributed by atoms with van der Waals surface area (Å²) < 4.78 is 26.4. The molecule has 4 heteroatoms. The summed E-state index contributed by atoms with van der Waals surface area (Å²) >= 11 is 0. The van der Waals surface area contributed by atoms with E-state index in [9.17, 15) is 8.78 Å². The molecule has 0 bridgehead atoms. The smallest absolute Gasteiger partial charge is 0.126 e. The molecule has 0 aliphatic heterocycles. The second-order valence-electron chi connectivity index (χ2n) is 5.36. The molecule has 0 saturated carbocycles. The van der Waals surface area contributed by atoms with Crippen molar-refractivity contribution in [3.05, 3.63) is 65.2 Å². The molecule has 0 aromatic heterocycles. The number of nitrogens with zero attached hydrogens (tertiary/aromatic N) is 1. The van der Waals surface area contributed by atoms with E-state index < -0.39 is 11.6 Å². The molecule has 2 N–H and O–H groups in total. The van der Waals surface area contributed by atoms with E-state index in [0.29, 0.717) is 18.5 Å². The number of rotatable bonds is 5. The number of halogens is 2. The van der Waals surface area contributed by atoms with Crippen LogP contribution in [0.4, 0.5) is 14.5 Å². The standard InChI is InChI=1S/C17H20F2N2/c1-12-4-3-5-16(8-12)21(2)7-6-17(20)13-9-14(18)11-15(19)10-13/h3-5,8-11,17H,6-7,20H2,1-2H3. The van der Waals surface area contributed by atoms with Gasteiger partial charge in [0.1, 0.15) is 11.6 Å². The largest absolute Gasteiger partial charge is 0.375 e. The van der Waals surface area contributed by atoms with Crippen molar-refractivity contribution < 1.29 is 8.78 Å². The van der Waals surface area contributed by atoms with E-state index in [1.807, 2.05) is 32.2 Å². The van der Waals surface area contributed by atoms with Gasteiger partial charge in [0.05, 0.1) is 0 Å². The highest BCUT2D eigenvalue weighted by molar-refractivity contribution is 5.47. The summed E-state index contributed by atoms with van der Waals surface area (Å²) in [6.45, 7) is 2.75. The van der Waals surface area contributed by atoms with Gasteiger partial charge in [-0.25, -0.2) is 8.78 Å². The van der Waals surface area contributed by atoms with Gasteiger partial charge in [-0.3, -0.25) is 0 Å². The van der Waals surface area contributed by atoms with Crippen molar-refractivity contribution in [1.29, 1.82) is 0 Å². The lowest BCUT2D eigenvalue weighted by atomic mass is 10.0. The average Bonchev–Trinajstić information content (AvgIpc) is 2.43. The van der Waals surface area contributed by atoms with Crippen LogP contribution in [0.5, 0.6) is 0 Å². The summed E-state index contributed by atoms with van der Waals surface area (Å²) in [4.78, 5) is 2.09. The van der Waals surface area contributed by atoms with Crippen LogP contribution < -0.4 is 10.6 Å². The van der Waals surface area contributed by atoms with Crippen molar-refractivity contribution in [2.75, 3.05) is 18.5 Å². The SMILES string of the molecule is Cc1cccc(N(C)CCC(N)c2cc(F)cc(F)c2)c1. The molecule has 1 atom stereocenters. The Bertz CT molecular complexity index is 593. The lowest BCUT2D eigenvalue weighted by molar-refractivity contribution is 0.567. The minimum atomic E-state index is -0.590. The number of aryl methyl sites for hydroxylation is 1. The summed E-state index contributed by atoms with van der Waals surface area (Å²) in [5.74, 6) is -1.18. The van der Waals surface area contributed by atoms with Crippen LogP contribution in [0.2, 0.25) is 0 Å². The highest BCUT2D eigenvalue weighted by atomic mass is 19.1. The van der Waals surface area contributed by atoms with Gasteiger partial charge in [-0.15, -0.1) is 0 Å². The molecule has 21 heavy (non-hydrogen) atoms. The normalized spacial score (nSPS) is 12.2. The van der Waals surface area contributed by atoms with E-state index in [-0.39, 0.29) is 6.04 Å². The zero-order chi connectivity index (χ0) is 15.4. The molecule has 0 radical (unpaired) electrons. The predicted molar refractivity (Wildman–Crippen MR) is 82.4 cm³/mol. The van der Waals surface area contributed by atoms with Gasteiger partial charge in [0.15, 0.2) is 0 Å². The molecule has 0 amide bonds. The molecule has 0 spiro atoms. The second kappa shape index (κ2) is 6.68. The monoisotopic (exact) mass is 290 g/mol. The topological polar surface area (TPSA) is 29.3 Å². The number of benzene rings is 2. The Hall–Kier alpha value is -1.94. The van der Waals surface area contributed by atoms with E-state index in [1.54, 1.807) is 0 Å². The fourth-order valence-electron chi connectivity index (χ4n) is 2.28. The van der Waals surface area contributed by atoms with E-state index in [4.69, 9.17) is 5.73 Å². The van der Waals surface area contributed by atoms with Crippen LogP contribution in [-0.2, 0) is 0 Å². The highest BCUT2D eigenvalue weighted by Gasteiger charge is 2.11. The lowest BCUT2D eigenvalue weighted by Gasteiger charge is -2.22. The summed E-state index contributed by atoms with van der Waals surface area (Å²) in [6.07, 6.45) is 0.618. The number of hydrogen-bond donors (Lipinski definition) is 1. The van der Waals surface area contributed by atoms with Crippen molar-refractivity contribution in [2.24, 2.45) is 5.73 Å². The van der Waals surface area contributed by atoms with Crippen molar-refractivity contribution in [1.82, 2.24) is 0 Å². The highest BCUT2D eigenvalue weighted by Crippen LogP contribution is 2.20. The molecular formula is C17H20F2N2. The van der Waals surface area contributed by atoms with Gasteiger partial charge < -0.3 is 10.6 Å². The third-order valence-corrected chi connectivity index (χ3v) is 3.53. The Kier molecular flexibility index (Phi) is 4.91. The molecule has 2 aromatic rings. The minimum absolute atomic E-state index is 0.387. The summed E-state index contributed by atoms with van der Waals surface area (Å²) in [5, 5.41) is 0. The Labute approximate surface area is 124 Å². The molecule has 2 nitrogen and oxygen atoms in total. The first-order chi connectivity index (χ1) is 9.95. The van der Waals surface area contributed by atoms with Gasteiger partial charge in [0.2, 0.25) is 0 Å². The van der Waals surface area contributed by atoms with E-state index in [0.717, 1.165) is 11.8 Å². The van der Waals surface area contributed by atoms with Crippen molar-refractivity contribution in [3.63, 3.8) is 0 Å². The zero-order valence-electron chi connectivity index (χ0n) is 12.3. The Morgan fingerprint density at radius 3 is 2.38 bits per heavy atom. The fraction of sp³-hybridized carbons (Fsp3) is 0.294. The maximum Gasteiger partial charge on any atom is 0.126 e. The van der Waals surface area contributed by atoms with Crippen LogP contribution in [0.3, 0.4) is 0 Å². The molecule has 0 heterocycles. The van der Waals surface area contributed by atoms with E-state index >= 15 is 0 Å². The third kappa shape index (κ3) is 4.26. The molecule has 1 unspecified atom stereocenters. The number of hydrogen-bond acceptors (Lipinski definition) is 2. The van der Waals surface area contributed by atoms with Crippen molar-refractivity contribution in [2.45, 2.75) is 19.4 Å². The number of anilines is 1. The first-order valence-electron chi connectivity index (χ1n) is 6.95. The molecular weight excluding hydrogens is 270 g/mol. The predicted octanol–water partition coefficient (Wildman–Crippen LogP) is 3.80. The Balaban J connectivity index is 1.98. The van der Waals surface area contributed by atoms with Crippen molar-refractivity contribution >= 4 is 5.69 Å². The molecule has 2 aromatic carbocycles. The van der Waals surface area contributed by atoms with E-state index in [2.05, 4.69) is 11.0 Å². The van der Waals surface area contributed by atoms with E-state index in [1.165, 1.54) is 17.7 Å². The Morgan fingerprint density at radius 2 is 1.76 bits per heavy atom. The van der Waals surface area contributed by atoms with Crippen LogP contribution in [0, 0.1) is 18.6 Å². The molecule has 0 aliphatic carbocycles. The van der Waals surface area contributed by atoms with Gasteiger partial charge in [-0.1, -0.05) is 12.1 Å². The summed E-state index contributed by atoms with van der Waals surface area (Å²) in [7, 11) is 1.98. The quantitative estimate of drug-likeness (QED) is 0.907. The van der Waals surface area contributed by atoms with Gasteiger partial charge in [-0.05, 0) is 48.7 Å². The van der Waals surface area contributed by atoms with Gasteiger partial charge in [-0.2, -0.15) is 0 Å². The molecule has 0 aliphatic rings. The first-order valence-corrected chi connectivity index (χ1v) is 6.95. The van der Waals surface area contributed by atoms with Crippen molar-refractivity contribution in [3.8, 4) is 0 Å². The second-order valence-corrected chi connectivity index (χ2v) is 5.36. The number of nitrogens with two attached hydrogens (primary N) is 1.